The van der Waals surface area contributed by atoms with Crippen molar-refractivity contribution < 1.29 is 4.79 Å². The Balaban J connectivity index is 2.25. The van der Waals surface area contributed by atoms with E-state index in [2.05, 4.69) is 4.98 Å². The van der Waals surface area contributed by atoms with Crippen LogP contribution in [0.15, 0.2) is 48.5 Å². The molecule has 0 N–H and O–H groups in total. The SMILES string of the molecule is O=CCCc1cccc(-c2ccccc2)n1. The standard InChI is InChI=1S/C14H13NO/c16-11-5-9-13-8-4-10-14(15-13)12-6-2-1-3-7-12/h1-4,6-8,10-11H,5,9H2. The van der Waals surface area contributed by atoms with Gasteiger partial charge in [-0.25, -0.2) is 0 Å². The molecule has 2 rings (SSSR count). The van der Waals surface area contributed by atoms with Gasteiger partial charge in [-0.15, -0.1) is 0 Å². The van der Waals surface area contributed by atoms with Gasteiger partial charge in [0.15, 0.2) is 0 Å². The molecular formula is C14H13NO. The maximum atomic E-state index is 10.3. The van der Waals surface area contributed by atoms with Gasteiger partial charge in [-0.2, -0.15) is 0 Å². The Morgan fingerprint density at radius 1 is 1.00 bits per heavy atom. The zero-order valence-corrected chi connectivity index (χ0v) is 8.97. The smallest absolute Gasteiger partial charge is 0.120 e. The van der Waals surface area contributed by atoms with Crippen LogP contribution in [-0.4, -0.2) is 11.3 Å². The molecular weight excluding hydrogens is 198 g/mol. The van der Waals surface area contributed by atoms with Gasteiger partial charge in [-0.05, 0) is 18.6 Å². The van der Waals surface area contributed by atoms with E-state index in [-0.39, 0.29) is 0 Å². The van der Waals surface area contributed by atoms with Crippen molar-refractivity contribution in [2.75, 3.05) is 0 Å². The van der Waals surface area contributed by atoms with Gasteiger partial charge >= 0.3 is 0 Å². The first kappa shape index (κ1) is 10.6. The van der Waals surface area contributed by atoms with Gasteiger partial charge < -0.3 is 4.79 Å². The van der Waals surface area contributed by atoms with Crippen molar-refractivity contribution in [3.05, 3.63) is 54.2 Å². The van der Waals surface area contributed by atoms with Gasteiger partial charge in [0.25, 0.3) is 0 Å². The summed E-state index contributed by atoms with van der Waals surface area (Å²) < 4.78 is 0. The summed E-state index contributed by atoms with van der Waals surface area (Å²) >= 11 is 0. The van der Waals surface area contributed by atoms with Crippen LogP contribution in [0.1, 0.15) is 12.1 Å². The van der Waals surface area contributed by atoms with Crippen LogP contribution in [0.5, 0.6) is 0 Å². The van der Waals surface area contributed by atoms with E-state index in [0.29, 0.717) is 12.8 Å². The van der Waals surface area contributed by atoms with E-state index in [0.717, 1.165) is 23.2 Å². The monoisotopic (exact) mass is 211 g/mol. The second-order valence-corrected chi connectivity index (χ2v) is 3.59. The predicted molar refractivity (Wildman–Crippen MR) is 64.1 cm³/mol. The van der Waals surface area contributed by atoms with E-state index >= 15 is 0 Å². The van der Waals surface area contributed by atoms with E-state index in [9.17, 15) is 4.79 Å². The normalized spacial score (nSPS) is 10.0. The molecule has 0 saturated carbocycles. The number of carbonyl (C=O) groups excluding carboxylic acids is 1. The molecule has 0 aliphatic rings. The summed E-state index contributed by atoms with van der Waals surface area (Å²) in [7, 11) is 0. The van der Waals surface area contributed by atoms with Crippen molar-refractivity contribution in [2.24, 2.45) is 0 Å². The van der Waals surface area contributed by atoms with Crippen molar-refractivity contribution in [1.29, 1.82) is 0 Å². The Labute approximate surface area is 95.0 Å². The molecule has 0 amide bonds. The number of aldehydes is 1. The molecule has 1 aromatic carbocycles. The number of hydrogen-bond donors (Lipinski definition) is 0. The summed E-state index contributed by atoms with van der Waals surface area (Å²) in [6, 6.07) is 16.0. The van der Waals surface area contributed by atoms with Crippen molar-refractivity contribution >= 4 is 6.29 Å². The molecule has 2 heteroatoms. The van der Waals surface area contributed by atoms with Crippen LogP contribution in [-0.2, 0) is 11.2 Å². The number of pyridine rings is 1. The molecule has 0 unspecified atom stereocenters. The van der Waals surface area contributed by atoms with E-state index in [4.69, 9.17) is 0 Å². The molecule has 0 aliphatic heterocycles. The molecule has 0 bridgehead atoms. The lowest BCUT2D eigenvalue weighted by Gasteiger charge is -2.03. The summed E-state index contributed by atoms with van der Waals surface area (Å²) in [5.74, 6) is 0. The zero-order chi connectivity index (χ0) is 11.2. The number of rotatable bonds is 4. The number of hydrogen-bond acceptors (Lipinski definition) is 2. The average molecular weight is 211 g/mol. The highest BCUT2D eigenvalue weighted by Gasteiger charge is 1.99. The lowest BCUT2D eigenvalue weighted by atomic mass is 10.1. The second kappa shape index (κ2) is 5.21. The van der Waals surface area contributed by atoms with Crippen molar-refractivity contribution in [3.63, 3.8) is 0 Å². The summed E-state index contributed by atoms with van der Waals surface area (Å²) in [5, 5.41) is 0. The quantitative estimate of drug-likeness (QED) is 0.728. The van der Waals surface area contributed by atoms with Crippen LogP contribution in [0, 0.1) is 0 Å². The number of nitrogens with zero attached hydrogens (tertiary/aromatic N) is 1. The highest BCUT2D eigenvalue weighted by molar-refractivity contribution is 5.59. The molecule has 16 heavy (non-hydrogen) atoms. The first-order valence-corrected chi connectivity index (χ1v) is 5.35. The zero-order valence-electron chi connectivity index (χ0n) is 8.97. The first-order chi connectivity index (χ1) is 7.90. The Bertz CT molecular complexity index is 465. The first-order valence-electron chi connectivity index (χ1n) is 5.35. The molecule has 1 heterocycles. The Morgan fingerprint density at radius 3 is 2.56 bits per heavy atom. The maximum absolute atomic E-state index is 10.3. The topological polar surface area (TPSA) is 30.0 Å². The van der Waals surface area contributed by atoms with Crippen LogP contribution < -0.4 is 0 Å². The number of aromatic nitrogens is 1. The fourth-order valence-corrected chi connectivity index (χ4v) is 1.60. The average Bonchev–Trinajstić information content (AvgIpc) is 2.38. The van der Waals surface area contributed by atoms with Gasteiger partial charge in [-0.3, -0.25) is 4.98 Å². The molecule has 0 saturated heterocycles. The minimum atomic E-state index is 0.533. The number of aryl methyl sites for hydroxylation is 1. The summed E-state index contributed by atoms with van der Waals surface area (Å²) in [5.41, 5.74) is 3.04. The highest BCUT2D eigenvalue weighted by atomic mass is 16.1. The molecule has 2 nitrogen and oxygen atoms in total. The van der Waals surface area contributed by atoms with E-state index in [1.807, 2.05) is 48.5 Å². The minimum absolute atomic E-state index is 0.533. The lowest BCUT2D eigenvalue weighted by Crippen LogP contribution is -1.92. The van der Waals surface area contributed by atoms with Gasteiger partial charge in [0.05, 0.1) is 5.69 Å². The third-order valence-corrected chi connectivity index (χ3v) is 2.39. The summed E-state index contributed by atoms with van der Waals surface area (Å²) in [4.78, 5) is 14.8. The minimum Gasteiger partial charge on any atom is -0.303 e. The van der Waals surface area contributed by atoms with Gasteiger partial charge in [0.1, 0.15) is 6.29 Å². The van der Waals surface area contributed by atoms with E-state index in [1.165, 1.54) is 0 Å². The lowest BCUT2D eigenvalue weighted by molar-refractivity contribution is -0.107. The molecule has 1 aromatic heterocycles. The van der Waals surface area contributed by atoms with E-state index < -0.39 is 0 Å². The van der Waals surface area contributed by atoms with Crippen LogP contribution in [0.4, 0.5) is 0 Å². The van der Waals surface area contributed by atoms with Crippen LogP contribution in [0.25, 0.3) is 11.3 Å². The van der Waals surface area contributed by atoms with Crippen molar-refractivity contribution in [3.8, 4) is 11.3 Å². The Hall–Kier alpha value is -1.96. The molecule has 0 aliphatic carbocycles. The predicted octanol–water partition coefficient (Wildman–Crippen LogP) is 2.88. The number of benzene rings is 1. The summed E-state index contributed by atoms with van der Waals surface area (Å²) in [6.07, 6.45) is 2.17. The van der Waals surface area contributed by atoms with Crippen LogP contribution in [0.2, 0.25) is 0 Å². The molecule has 0 atom stereocenters. The second-order valence-electron chi connectivity index (χ2n) is 3.59. The highest BCUT2D eigenvalue weighted by Crippen LogP contribution is 2.16. The largest absolute Gasteiger partial charge is 0.303 e. The fourth-order valence-electron chi connectivity index (χ4n) is 1.60. The molecule has 0 fully saturated rings. The molecule has 80 valence electrons. The maximum Gasteiger partial charge on any atom is 0.120 e. The molecule has 0 spiro atoms. The van der Waals surface area contributed by atoms with E-state index in [1.54, 1.807) is 0 Å². The van der Waals surface area contributed by atoms with Crippen molar-refractivity contribution in [2.45, 2.75) is 12.8 Å². The van der Waals surface area contributed by atoms with Gasteiger partial charge in [0, 0.05) is 17.7 Å². The van der Waals surface area contributed by atoms with Crippen LogP contribution >= 0.6 is 0 Å². The molecule has 0 radical (unpaired) electrons. The van der Waals surface area contributed by atoms with Crippen LogP contribution in [0.3, 0.4) is 0 Å². The third-order valence-electron chi connectivity index (χ3n) is 2.39. The Morgan fingerprint density at radius 2 is 1.81 bits per heavy atom. The Kier molecular flexibility index (Phi) is 3.44. The summed E-state index contributed by atoms with van der Waals surface area (Å²) in [6.45, 7) is 0. The fraction of sp³-hybridized carbons (Fsp3) is 0.143. The number of carbonyl (C=O) groups is 1. The third kappa shape index (κ3) is 2.54. The van der Waals surface area contributed by atoms with Crippen molar-refractivity contribution in [1.82, 2.24) is 4.98 Å². The van der Waals surface area contributed by atoms with Gasteiger partial charge in [-0.1, -0.05) is 36.4 Å². The van der Waals surface area contributed by atoms with Gasteiger partial charge in [0.2, 0.25) is 0 Å². The molecule has 2 aromatic rings.